The third-order valence-corrected chi connectivity index (χ3v) is 2.03. The Bertz CT molecular complexity index is 333. The van der Waals surface area contributed by atoms with Crippen LogP contribution in [-0.4, -0.2) is 6.54 Å². The van der Waals surface area contributed by atoms with Crippen LogP contribution < -0.4 is 5.73 Å². The molecule has 0 unspecified atom stereocenters. The number of hydrogen-bond donors (Lipinski definition) is 1. The van der Waals surface area contributed by atoms with Gasteiger partial charge in [0, 0.05) is 0 Å². The Labute approximate surface area is 84.9 Å². The van der Waals surface area contributed by atoms with Crippen LogP contribution in [-0.2, 0) is 12.6 Å². The van der Waals surface area contributed by atoms with Gasteiger partial charge in [0.1, 0.15) is 5.82 Å². The second kappa shape index (κ2) is 4.61. The third kappa shape index (κ3) is 2.92. The summed E-state index contributed by atoms with van der Waals surface area (Å²) >= 11 is 0. The molecule has 0 aliphatic carbocycles. The van der Waals surface area contributed by atoms with Crippen molar-refractivity contribution in [2.75, 3.05) is 6.54 Å². The molecule has 0 saturated carbocycles. The van der Waals surface area contributed by atoms with Crippen molar-refractivity contribution >= 4 is 0 Å². The highest BCUT2D eigenvalue weighted by molar-refractivity contribution is 5.31. The molecule has 0 amide bonds. The molecule has 5 heteroatoms. The summed E-state index contributed by atoms with van der Waals surface area (Å²) in [6.07, 6.45) is -4.09. The first-order valence-electron chi connectivity index (χ1n) is 4.51. The molecule has 0 radical (unpaired) electrons. The molecule has 0 saturated heterocycles. The van der Waals surface area contributed by atoms with Crippen molar-refractivity contribution < 1.29 is 17.6 Å². The normalized spacial score (nSPS) is 11.8. The first-order valence-corrected chi connectivity index (χ1v) is 4.51. The summed E-state index contributed by atoms with van der Waals surface area (Å²) in [7, 11) is 0. The van der Waals surface area contributed by atoms with E-state index in [-0.39, 0.29) is 18.5 Å². The quantitative estimate of drug-likeness (QED) is 0.780. The van der Waals surface area contributed by atoms with E-state index >= 15 is 0 Å². The van der Waals surface area contributed by atoms with Crippen molar-refractivity contribution in [3.05, 3.63) is 35.1 Å². The Morgan fingerprint density at radius 3 is 2.40 bits per heavy atom. The fourth-order valence-electron chi connectivity index (χ4n) is 1.39. The summed E-state index contributed by atoms with van der Waals surface area (Å²) in [5.74, 6) is -1.22. The topological polar surface area (TPSA) is 26.0 Å². The van der Waals surface area contributed by atoms with Gasteiger partial charge in [-0.2, -0.15) is 13.2 Å². The van der Waals surface area contributed by atoms with Gasteiger partial charge >= 0.3 is 6.18 Å². The largest absolute Gasteiger partial charge is 0.419 e. The van der Waals surface area contributed by atoms with Gasteiger partial charge in [-0.25, -0.2) is 4.39 Å². The molecule has 0 atom stereocenters. The van der Waals surface area contributed by atoms with Gasteiger partial charge in [0.25, 0.3) is 0 Å². The first-order chi connectivity index (χ1) is 6.96. The number of rotatable bonds is 3. The van der Waals surface area contributed by atoms with Gasteiger partial charge in [-0.05, 0) is 31.0 Å². The predicted octanol–water partition coefficient (Wildman–Crippen LogP) is 2.74. The number of alkyl halides is 3. The fourth-order valence-corrected chi connectivity index (χ4v) is 1.39. The third-order valence-electron chi connectivity index (χ3n) is 2.03. The zero-order valence-corrected chi connectivity index (χ0v) is 7.94. The van der Waals surface area contributed by atoms with Gasteiger partial charge in [0.05, 0.1) is 5.56 Å². The highest BCUT2D eigenvalue weighted by Gasteiger charge is 2.36. The summed E-state index contributed by atoms with van der Waals surface area (Å²) in [5.41, 5.74) is 4.00. The molecule has 0 aliphatic heterocycles. The summed E-state index contributed by atoms with van der Waals surface area (Å²) < 4.78 is 50.4. The van der Waals surface area contributed by atoms with E-state index < -0.39 is 17.6 Å². The average Bonchev–Trinajstić information content (AvgIpc) is 2.12. The van der Waals surface area contributed by atoms with Gasteiger partial charge in [-0.3, -0.25) is 0 Å². The maximum absolute atomic E-state index is 13.0. The molecule has 0 bridgehead atoms. The Morgan fingerprint density at radius 2 is 1.87 bits per heavy atom. The Hall–Kier alpha value is -1.10. The monoisotopic (exact) mass is 221 g/mol. The number of benzene rings is 1. The van der Waals surface area contributed by atoms with Gasteiger partial charge in [-0.1, -0.05) is 12.1 Å². The maximum Gasteiger partial charge on any atom is 0.419 e. The van der Waals surface area contributed by atoms with Crippen LogP contribution in [0.1, 0.15) is 17.5 Å². The van der Waals surface area contributed by atoms with Crippen LogP contribution in [0.2, 0.25) is 0 Å². The van der Waals surface area contributed by atoms with E-state index in [1.807, 2.05) is 0 Å². The van der Waals surface area contributed by atoms with Crippen LogP contribution in [0.25, 0.3) is 0 Å². The van der Waals surface area contributed by atoms with Crippen molar-refractivity contribution in [1.29, 1.82) is 0 Å². The van der Waals surface area contributed by atoms with E-state index in [1.165, 1.54) is 12.1 Å². The fraction of sp³-hybridized carbons (Fsp3) is 0.400. The lowest BCUT2D eigenvalue weighted by Gasteiger charge is -2.13. The predicted molar refractivity (Wildman–Crippen MR) is 48.8 cm³/mol. The Balaban J connectivity index is 3.09. The zero-order valence-electron chi connectivity index (χ0n) is 7.94. The van der Waals surface area contributed by atoms with Gasteiger partial charge in [0.15, 0.2) is 0 Å². The van der Waals surface area contributed by atoms with Gasteiger partial charge in [-0.15, -0.1) is 0 Å². The molecule has 1 nitrogen and oxygen atoms in total. The average molecular weight is 221 g/mol. The maximum atomic E-state index is 13.0. The summed E-state index contributed by atoms with van der Waals surface area (Å²) in [6, 6.07) is 3.37. The molecule has 0 heterocycles. The van der Waals surface area contributed by atoms with Crippen LogP contribution in [0.15, 0.2) is 18.2 Å². The van der Waals surface area contributed by atoms with Gasteiger partial charge < -0.3 is 5.73 Å². The molecular weight excluding hydrogens is 210 g/mol. The molecular formula is C10H11F4N. The van der Waals surface area contributed by atoms with Crippen molar-refractivity contribution in [2.24, 2.45) is 5.73 Å². The first kappa shape index (κ1) is 12.0. The van der Waals surface area contributed by atoms with E-state index in [4.69, 9.17) is 5.73 Å². The Morgan fingerprint density at radius 1 is 1.20 bits per heavy atom. The van der Waals surface area contributed by atoms with Crippen molar-refractivity contribution in [3.63, 3.8) is 0 Å². The molecule has 2 N–H and O–H groups in total. The zero-order chi connectivity index (χ0) is 11.5. The number of aryl methyl sites for hydroxylation is 1. The summed E-state index contributed by atoms with van der Waals surface area (Å²) in [5, 5.41) is 0. The van der Waals surface area contributed by atoms with E-state index in [0.29, 0.717) is 6.42 Å². The minimum atomic E-state index is -4.64. The van der Waals surface area contributed by atoms with Crippen LogP contribution in [0.5, 0.6) is 0 Å². The van der Waals surface area contributed by atoms with Crippen LogP contribution in [0.3, 0.4) is 0 Å². The van der Waals surface area contributed by atoms with E-state index in [2.05, 4.69) is 0 Å². The van der Waals surface area contributed by atoms with Crippen LogP contribution in [0, 0.1) is 5.82 Å². The van der Waals surface area contributed by atoms with Crippen LogP contribution >= 0.6 is 0 Å². The highest BCUT2D eigenvalue weighted by atomic mass is 19.4. The minimum absolute atomic E-state index is 0.0343. The van der Waals surface area contributed by atoms with E-state index in [1.54, 1.807) is 0 Å². The lowest BCUT2D eigenvalue weighted by atomic mass is 10.0. The molecule has 15 heavy (non-hydrogen) atoms. The second-order valence-electron chi connectivity index (χ2n) is 3.16. The Kier molecular flexibility index (Phi) is 3.68. The molecule has 1 aromatic carbocycles. The molecule has 0 spiro atoms. The lowest BCUT2D eigenvalue weighted by Crippen LogP contribution is -2.13. The van der Waals surface area contributed by atoms with E-state index in [9.17, 15) is 17.6 Å². The second-order valence-corrected chi connectivity index (χ2v) is 3.16. The SMILES string of the molecule is NCCCc1cccc(F)c1C(F)(F)F. The van der Waals surface area contributed by atoms with Crippen LogP contribution in [0.4, 0.5) is 17.6 Å². The molecule has 1 aromatic rings. The van der Waals surface area contributed by atoms with Crippen molar-refractivity contribution in [1.82, 2.24) is 0 Å². The minimum Gasteiger partial charge on any atom is -0.330 e. The summed E-state index contributed by atoms with van der Waals surface area (Å²) in [4.78, 5) is 0. The standard InChI is InChI=1S/C10H11F4N/c11-8-5-1-3-7(4-2-6-15)9(8)10(12,13)14/h1,3,5H,2,4,6,15H2. The van der Waals surface area contributed by atoms with E-state index in [0.717, 1.165) is 6.07 Å². The van der Waals surface area contributed by atoms with Crippen molar-refractivity contribution in [2.45, 2.75) is 19.0 Å². The molecule has 0 fully saturated rings. The molecule has 1 rings (SSSR count). The molecule has 0 aliphatic rings. The molecule has 84 valence electrons. The highest BCUT2D eigenvalue weighted by Crippen LogP contribution is 2.34. The van der Waals surface area contributed by atoms with Crippen molar-refractivity contribution in [3.8, 4) is 0 Å². The molecule has 0 aromatic heterocycles. The summed E-state index contributed by atoms with van der Waals surface area (Å²) in [6.45, 7) is 0.286. The number of halogens is 4. The smallest absolute Gasteiger partial charge is 0.330 e. The number of nitrogens with two attached hydrogens (primary N) is 1. The van der Waals surface area contributed by atoms with Gasteiger partial charge in [0.2, 0.25) is 0 Å². The number of hydrogen-bond acceptors (Lipinski definition) is 1. The lowest BCUT2D eigenvalue weighted by molar-refractivity contribution is -0.140.